The molecule has 3 rings (SSSR count). The first-order chi connectivity index (χ1) is 16.3. The molecule has 3 aromatic carbocycles. The molecular formula is C28H27Cl2NO3. The van der Waals surface area contributed by atoms with E-state index in [1.54, 1.807) is 12.1 Å². The molecular weight excluding hydrogens is 469 g/mol. The molecule has 0 saturated heterocycles. The zero-order valence-electron chi connectivity index (χ0n) is 18.9. The van der Waals surface area contributed by atoms with Crippen LogP contribution in [0.2, 0.25) is 10.0 Å². The molecule has 0 aliphatic carbocycles. The number of carbonyl (C=O) groups excluding carboxylic acids is 1. The number of carbonyl (C=O) groups is 2. The molecule has 0 aliphatic rings. The van der Waals surface area contributed by atoms with Gasteiger partial charge < -0.3 is 10.4 Å². The first-order valence-electron chi connectivity index (χ1n) is 11.1. The Morgan fingerprint density at radius 1 is 0.941 bits per heavy atom. The van der Waals surface area contributed by atoms with Gasteiger partial charge in [-0.15, -0.1) is 0 Å². The van der Waals surface area contributed by atoms with E-state index in [4.69, 9.17) is 28.3 Å². The van der Waals surface area contributed by atoms with Crippen molar-refractivity contribution in [3.8, 4) is 11.1 Å². The van der Waals surface area contributed by atoms with Gasteiger partial charge in [0.05, 0.1) is 10.0 Å². The maximum Gasteiger partial charge on any atom is 0.303 e. The van der Waals surface area contributed by atoms with Crippen molar-refractivity contribution in [2.24, 2.45) is 0 Å². The van der Waals surface area contributed by atoms with Crippen LogP contribution in [0.3, 0.4) is 0 Å². The van der Waals surface area contributed by atoms with E-state index in [0.717, 1.165) is 22.3 Å². The van der Waals surface area contributed by atoms with Crippen LogP contribution in [-0.4, -0.2) is 23.0 Å². The van der Waals surface area contributed by atoms with Gasteiger partial charge in [-0.1, -0.05) is 89.9 Å². The van der Waals surface area contributed by atoms with Crippen LogP contribution in [0.5, 0.6) is 0 Å². The summed E-state index contributed by atoms with van der Waals surface area (Å²) in [6, 6.07) is 23.9. The smallest absolute Gasteiger partial charge is 0.303 e. The topological polar surface area (TPSA) is 66.4 Å². The van der Waals surface area contributed by atoms with E-state index in [1.807, 2.05) is 37.3 Å². The summed E-state index contributed by atoms with van der Waals surface area (Å²) < 4.78 is 0. The monoisotopic (exact) mass is 495 g/mol. The van der Waals surface area contributed by atoms with Gasteiger partial charge in [0.2, 0.25) is 5.91 Å². The third-order valence-corrected chi connectivity index (χ3v) is 6.39. The van der Waals surface area contributed by atoms with Crippen molar-refractivity contribution in [1.82, 2.24) is 5.32 Å². The predicted molar refractivity (Wildman–Crippen MR) is 138 cm³/mol. The van der Waals surface area contributed by atoms with Crippen LogP contribution >= 0.6 is 23.2 Å². The summed E-state index contributed by atoms with van der Waals surface area (Å²) in [5.41, 5.74) is 4.37. The Labute approximate surface area is 210 Å². The van der Waals surface area contributed by atoms with Crippen LogP contribution in [0, 0.1) is 0 Å². The molecule has 3 aromatic rings. The van der Waals surface area contributed by atoms with E-state index in [-0.39, 0.29) is 24.3 Å². The summed E-state index contributed by atoms with van der Waals surface area (Å²) in [6.07, 6.45) is 3.94. The Kier molecular flexibility index (Phi) is 9.32. The molecule has 0 bridgehead atoms. The average Bonchev–Trinajstić information content (AvgIpc) is 2.83. The van der Waals surface area contributed by atoms with E-state index in [9.17, 15) is 9.59 Å². The van der Waals surface area contributed by atoms with Crippen LogP contribution in [-0.2, 0) is 16.0 Å². The Balaban J connectivity index is 1.80. The van der Waals surface area contributed by atoms with E-state index in [1.165, 1.54) is 6.08 Å². The highest BCUT2D eigenvalue weighted by atomic mass is 35.5. The fraction of sp³-hybridized carbons (Fsp3) is 0.214. The van der Waals surface area contributed by atoms with Gasteiger partial charge in [-0.2, -0.15) is 0 Å². The molecule has 4 nitrogen and oxygen atoms in total. The molecule has 0 heterocycles. The first-order valence-corrected chi connectivity index (χ1v) is 11.9. The molecule has 2 N–H and O–H groups in total. The molecule has 0 fully saturated rings. The fourth-order valence-corrected chi connectivity index (χ4v) is 4.15. The standard InChI is InChI=1S/C28H27Cl2NO3/c1-19(31-27(32)9-5-6-10-28(33)34)24(17-20-11-16-25(29)26(30)18-20)23-14-12-22(13-15-23)21-7-3-2-4-8-21/h2-5,7-9,11-16,18-19,24H,6,10,17H2,1H3,(H,31,32)(H,33,34)/b9-5+. The third-order valence-electron chi connectivity index (χ3n) is 5.65. The van der Waals surface area contributed by atoms with Gasteiger partial charge in [0.1, 0.15) is 0 Å². The molecule has 0 aliphatic heterocycles. The summed E-state index contributed by atoms with van der Waals surface area (Å²) in [6.45, 7) is 1.97. The number of hydrogen-bond donors (Lipinski definition) is 2. The number of carboxylic acid groups (broad SMARTS) is 1. The zero-order chi connectivity index (χ0) is 24.5. The van der Waals surface area contributed by atoms with E-state index >= 15 is 0 Å². The Morgan fingerprint density at radius 3 is 2.26 bits per heavy atom. The fourth-order valence-electron chi connectivity index (χ4n) is 3.83. The van der Waals surface area contributed by atoms with Crippen molar-refractivity contribution in [3.05, 3.63) is 106 Å². The summed E-state index contributed by atoms with van der Waals surface area (Å²) in [5, 5.41) is 12.8. The van der Waals surface area contributed by atoms with E-state index in [2.05, 4.69) is 41.7 Å². The second kappa shape index (κ2) is 12.4. The van der Waals surface area contributed by atoms with Gasteiger partial charge in [0.15, 0.2) is 0 Å². The lowest BCUT2D eigenvalue weighted by Gasteiger charge is -2.26. The first kappa shape index (κ1) is 25.5. The minimum Gasteiger partial charge on any atom is -0.481 e. The van der Waals surface area contributed by atoms with Gasteiger partial charge in [0, 0.05) is 18.4 Å². The number of allylic oxidation sites excluding steroid dienone is 1. The lowest BCUT2D eigenvalue weighted by Crippen LogP contribution is -2.37. The third kappa shape index (κ3) is 7.47. The van der Waals surface area contributed by atoms with E-state index < -0.39 is 5.97 Å². The van der Waals surface area contributed by atoms with E-state index in [0.29, 0.717) is 22.9 Å². The molecule has 34 heavy (non-hydrogen) atoms. The molecule has 0 radical (unpaired) electrons. The van der Waals surface area contributed by atoms with Gasteiger partial charge in [0.25, 0.3) is 0 Å². The Hall–Kier alpha value is -3.08. The number of benzene rings is 3. The van der Waals surface area contributed by atoms with Crippen LogP contribution in [0.25, 0.3) is 11.1 Å². The summed E-state index contributed by atoms with van der Waals surface area (Å²) in [4.78, 5) is 23.1. The number of halogens is 2. The van der Waals surface area contributed by atoms with Crippen LogP contribution in [0.1, 0.15) is 36.8 Å². The van der Waals surface area contributed by atoms with Gasteiger partial charge >= 0.3 is 5.97 Å². The molecule has 6 heteroatoms. The van der Waals surface area contributed by atoms with Crippen molar-refractivity contribution in [1.29, 1.82) is 0 Å². The molecule has 1 amide bonds. The van der Waals surface area contributed by atoms with Crippen molar-refractivity contribution in [3.63, 3.8) is 0 Å². The lowest BCUT2D eigenvalue weighted by molar-refractivity contribution is -0.137. The molecule has 0 aromatic heterocycles. The van der Waals surface area contributed by atoms with Crippen LogP contribution in [0.4, 0.5) is 0 Å². The summed E-state index contributed by atoms with van der Waals surface area (Å²) in [7, 11) is 0. The zero-order valence-corrected chi connectivity index (χ0v) is 20.4. The maximum absolute atomic E-state index is 12.4. The van der Waals surface area contributed by atoms with Crippen molar-refractivity contribution in [2.75, 3.05) is 0 Å². The number of carboxylic acids is 1. The number of hydrogen-bond acceptors (Lipinski definition) is 2. The Bertz CT molecular complexity index is 1140. The van der Waals surface area contributed by atoms with Gasteiger partial charge in [-0.05, 0) is 60.2 Å². The Morgan fingerprint density at radius 2 is 1.62 bits per heavy atom. The minimum absolute atomic E-state index is 0.00690. The number of amides is 1. The summed E-state index contributed by atoms with van der Waals surface area (Å²) in [5.74, 6) is -1.16. The molecule has 2 unspecified atom stereocenters. The number of aliphatic carboxylic acids is 1. The lowest BCUT2D eigenvalue weighted by atomic mass is 9.85. The molecule has 2 atom stereocenters. The maximum atomic E-state index is 12.4. The second-order valence-electron chi connectivity index (χ2n) is 8.18. The van der Waals surface area contributed by atoms with Crippen LogP contribution < -0.4 is 5.32 Å². The van der Waals surface area contributed by atoms with Crippen molar-refractivity contribution >= 4 is 35.1 Å². The summed E-state index contributed by atoms with van der Waals surface area (Å²) >= 11 is 12.3. The quantitative estimate of drug-likeness (QED) is 0.300. The molecule has 0 saturated carbocycles. The molecule has 176 valence electrons. The average molecular weight is 496 g/mol. The number of nitrogens with one attached hydrogen (secondary N) is 1. The number of rotatable bonds is 10. The largest absolute Gasteiger partial charge is 0.481 e. The highest BCUT2D eigenvalue weighted by molar-refractivity contribution is 6.42. The minimum atomic E-state index is -0.890. The predicted octanol–water partition coefficient (Wildman–Crippen LogP) is 6.91. The highest BCUT2D eigenvalue weighted by Gasteiger charge is 2.22. The second-order valence-corrected chi connectivity index (χ2v) is 8.99. The van der Waals surface area contributed by atoms with Crippen molar-refractivity contribution in [2.45, 2.75) is 38.1 Å². The molecule has 0 spiro atoms. The SMILES string of the molecule is CC(NC(=O)/C=C/CCC(=O)O)C(Cc1ccc(Cl)c(Cl)c1)c1ccc(-c2ccccc2)cc1. The van der Waals surface area contributed by atoms with Gasteiger partial charge in [-0.25, -0.2) is 0 Å². The normalized spacial score (nSPS) is 12.9. The van der Waals surface area contributed by atoms with Crippen molar-refractivity contribution < 1.29 is 14.7 Å². The van der Waals surface area contributed by atoms with Gasteiger partial charge in [-0.3, -0.25) is 9.59 Å². The highest BCUT2D eigenvalue weighted by Crippen LogP contribution is 2.30. The van der Waals surface area contributed by atoms with Crippen LogP contribution in [0.15, 0.2) is 84.9 Å².